The molecule has 13 nitrogen and oxygen atoms in total. The van der Waals surface area contributed by atoms with Crippen molar-refractivity contribution in [2.24, 2.45) is 22.9 Å². The van der Waals surface area contributed by atoms with Gasteiger partial charge in [-0.3, -0.25) is 15.0 Å². The Morgan fingerprint density at radius 2 is 1.59 bits per heavy atom. The summed E-state index contributed by atoms with van der Waals surface area (Å²) >= 11 is 0. The third-order valence-corrected chi connectivity index (χ3v) is 14.3. The molecule has 9 rings (SSSR count). The number of fused-ring (bicyclic) bond motifs is 4. The lowest BCUT2D eigenvalue weighted by atomic mass is 9.55. The molecule has 71 heavy (non-hydrogen) atoms. The van der Waals surface area contributed by atoms with E-state index < -0.39 is 28.8 Å². The van der Waals surface area contributed by atoms with Gasteiger partial charge in [0.25, 0.3) is 5.69 Å². The van der Waals surface area contributed by atoms with Gasteiger partial charge in [0, 0.05) is 43.2 Å². The van der Waals surface area contributed by atoms with Crippen LogP contribution >= 0.6 is 0 Å². The van der Waals surface area contributed by atoms with Crippen molar-refractivity contribution in [3.63, 3.8) is 0 Å². The molecule has 6 unspecified atom stereocenters. The number of nitro groups is 1. The number of ether oxygens (including phenoxy) is 4. The zero-order valence-electron chi connectivity index (χ0n) is 40.1. The number of hydrogen-bond acceptors (Lipinski definition) is 11. The first-order valence-electron chi connectivity index (χ1n) is 24.8. The van der Waals surface area contributed by atoms with E-state index in [9.17, 15) is 25.1 Å². The van der Waals surface area contributed by atoms with Crippen molar-refractivity contribution in [3.05, 3.63) is 179 Å². The minimum absolute atomic E-state index is 0.00197. The van der Waals surface area contributed by atoms with Crippen LogP contribution in [0.2, 0.25) is 0 Å². The molecule has 0 saturated heterocycles. The fourth-order valence-electron chi connectivity index (χ4n) is 11.1. The van der Waals surface area contributed by atoms with Gasteiger partial charge in [-0.05, 0) is 125 Å². The molecule has 2 aliphatic carbocycles. The summed E-state index contributed by atoms with van der Waals surface area (Å²) in [5, 5.41) is 40.7. The van der Waals surface area contributed by atoms with Crippen molar-refractivity contribution in [3.8, 4) is 17.2 Å². The molecule has 1 amide bonds. The van der Waals surface area contributed by atoms with E-state index in [0.717, 1.165) is 63.9 Å². The zero-order chi connectivity index (χ0) is 49.3. The van der Waals surface area contributed by atoms with Crippen LogP contribution in [0.4, 0.5) is 10.5 Å². The molecule has 368 valence electrons. The van der Waals surface area contributed by atoms with Gasteiger partial charge >= 0.3 is 6.09 Å². The Kier molecular flexibility index (Phi) is 15.4. The molecule has 1 saturated carbocycles. The van der Waals surface area contributed by atoms with Gasteiger partial charge in [-0.25, -0.2) is 4.79 Å². The molecule has 0 radical (unpaired) electrons. The van der Waals surface area contributed by atoms with Crippen molar-refractivity contribution in [1.29, 1.82) is 0 Å². The SMILES string of the molecule is C=CCOC12Oc3ccc(Oc4ccc5ccccc5c4)cc3C3C(CCCCO)C(CCCCO)C=C(C(=NOCc4ccc([N+](=O)[O-])cc4)CC1N(Cc1cccc4ccccc14)C(=O)OCC)C32. The molecule has 0 spiro atoms. The number of aliphatic hydroxyl groups excluding tert-OH is 2. The van der Waals surface area contributed by atoms with Crippen LogP contribution in [0.15, 0.2) is 157 Å². The van der Waals surface area contributed by atoms with E-state index in [2.05, 4.69) is 36.9 Å². The number of nitro benzene ring substituents is 1. The molecule has 1 fully saturated rings. The number of rotatable bonds is 21. The molecule has 1 aliphatic heterocycles. The van der Waals surface area contributed by atoms with Gasteiger partial charge in [0.1, 0.15) is 29.9 Å². The van der Waals surface area contributed by atoms with E-state index in [-0.39, 0.29) is 69.4 Å². The van der Waals surface area contributed by atoms with Gasteiger partial charge in [-0.1, -0.05) is 103 Å². The maximum absolute atomic E-state index is 14.9. The van der Waals surface area contributed by atoms with Crippen LogP contribution in [-0.4, -0.2) is 70.1 Å². The maximum Gasteiger partial charge on any atom is 0.410 e. The van der Waals surface area contributed by atoms with E-state index in [1.165, 1.54) is 12.1 Å². The van der Waals surface area contributed by atoms with Crippen LogP contribution in [0.3, 0.4) is 0 Å². The molecule has 0 bridgehead atoms. The lowest BCUT2D eigenvalue weighted by Crippen LogP contribution is -2.70. The highest BCUT2D eigenvalue weighted by atomic mass is 16.7. The predicted octanol–water partition coefficient (Wildman–Crippen LogP) is 12.2. The molecular weight excluding hydrogens is 899 g/mol. The summed E-state index contributed by atoms with van der Waals surface area (Å²) in [5.41, 5.74) is 3.96. The highest BCUT2D eigenvalue weighted by Crippen LogP contribution is 2.62. The molecule has 6 aromatic rings. The first-order chi connectivity index (χ1) is 34.7. The average Bonchev–Trinajstić information content (AvgIpc) is 3.39. The predicted molar refractivity (Wildman–Crippen MR) is 273 cm³/mol. The number of unbranched alkanes of at least 4 members (excludes halogenated alkanes) is 2. The molecule has 6 atom stereocenters. The zero-order valence-corrected chi connectivity index (χ0v) is 40.1. The third-order valence-electron chi connectivity index (χ3n) is 14.3. The Balaban J connectivity index is 1.24. The largest absolute Gasteiger partial charge is 0.459 e. The fourth-order valence-corrected chi connectivity index (χ4v) is 11.1. The summed E-state index contributed by atoms with van der Waals surface area (Å²) in [6.45, 7) is 6.39. The van der Waals surface area contributed by atoms with Crippen molar-refractivity contribution < 1.29 is 43.7 Å². The highest BCUT2D eigenvalue weighted by molar-refractivity contribution is 6.03. The Labute approximate surface area is 414 Å². The lowest BCUT2D eigenvalue weighted by molar-refractivity contribution is -0.384. The van der Waals surface area contributed by atoms with Gasteiger partial charge in [0.05, 0.1) is 36.3 Å². The molecule has 2 N–H and O–H groups in total. The van der Waals surface area contributed by atoms with Crippen LogP contribution in [0, 0.1) is 27.9 Å². The Morgan fingerprint density at radius 1 is 0.873 bits per heavy atom. The number of carbonyl (C=O) groups is 1. The molecule has 6 aromatic carbocycles. The molecule has 13 heteroatoms. The van der Waals surface area contributed by atoms with E-state index in [1.807, 2.05) is 78.9 Å². The van der Waals surface area contributed by atoms with Crippen molar-refractivity contribution in [2.45, 2.75) is 82.8 Å². The number of aliphatic hydroxyl groups is 2. The quantitative estimate of drug-likeness (QED) is 0.0307. The summed E-state index contributed by atoms with van der Waals surface area (Å²) in [6, 6.07) is 39.6. The van der Waals surface area contributed by atoms with Crippen LogP contribution < -0.4 is 9.47 Å². The minimum atomic E-state index is -1.53. The topological polar surface area (TPSA) is 162 Å². The average molecular weight is 960 g/mol. The second-order valence-corrected chi connectivity index (χ2v) is 18.5. The van der Waals surface area contributed by atoms with E-state index in [0.29, 0.717) is 41.4 Å². The number of allylic oxidation sites excluding steroid dienone is 1. The first kappa shape index (κ1) is 48.9. The number of carbonyl (C=O) groups excluding carboxylic acids is 1. The number of hydrogen-bond donors (Lipinski definition) is 2. The number of oxime groups is 1. The van der Waals surface area contributed by atoms with E-state index in [1.54, 1.807) is 30.0 Å². The van der Waals surface area contributed by atoms with Crippen LogP contribution in [0.1, 0.15) is 74.5 Å². The van der Waals surface area contributed by atoms with Crippen molar-refractivity contribution >= 4 is 39.0 Å². The fraction of sp³-hybridized carbons (Fsp3) is 0.345. The standard InChI is InChI=1S/C58H61N3O10/c1-3-32-68-58-54(60(57(64)67-4-2)37-44-19-13-18-41-15-7-8-20-48(41)44)36-52(59-69-38-39-22-25-45(26-23-39)61(65)66)50-34-43(17-9-11-30-62)49(21-10-12-31-63)55(56(50)58)51-35-47(28-29-53(51)71-58)70-46-27-24-40-14-5-6-16-42(40)33-46/h3,5-8,13-16,18-20,22-29,33-35,43,49,54-56,62-63H,1,4,9-12,17,21,30-32,36-38H2,2H3. The normalized spacial score (nSPS) is 21.6. The Hall–Kier alpha value is -7.06. The van der Waals surface area contributed by atoms with E-state index in [4.69, 9.17) is 28.9 Å². The number of amides is 1. The van der Waals surface area contributed by atoms with Crippen LogP contribution in [0.5, 0.6) is 17.2 Å². The molecular formula is C58H61N3O10. The first-order valence-corrected chi connectivity index (χ1v) is 24.8. The van der Waals surface area contributed by atoms with Gasteiger partial charge in [-0.15, -0.1) is 6.58 Å². The Morgan fingerprint density at radius 3 is 2.35 bits per heavy atom. The number of non-ortho nitro benzene ring substituents is 1. The monoisotopic (exact) mass is 959 g/mol. The lowest BCUT2D eigenvalue weighted by Gasteiger charge is -2.59. The van der Waals surface area contributed by atoms with Crippen LogP contribution in [0.25, 0.3) is 21.5 Å². The second kappa shape index (κ2) is 22.4. The van der Waals surface area contributed by atoms with Crippen molar-refractivity contribution in [1.82, 2.24) is 4.90 Å². The van der Waals surface area contributed by atoms with Crippen LogP contribution in [-0.2, 0) is 27.5 Å². The number of nitrogens with zero attached hydrogens (tertiary/aromatic N) is 3. The third kappa shape index (κ3) is 10.4. The summed E-state index contributed by atoms with van der Waals surface area (Å²) in [4.78, 5) is 33.9. The smallest absolute Gasteiger partial charge is 0.410 e. The van der Waals surface area contributed by atoms with Crippen molar-refractivity contribution in [2.75, 3.05) is 26.4 Å². The summed E-state index contributed by atoms with van der Waals surface area (Å²) in [5.74, 6) is -0.524. The Bertz CT molecular complexity index is 2910. The summed E-state index contributed by atoms with van der Waals surface area (Å²) < 4.78 is 27.3. The van der Waals surface area contributed by atoms with E-state index >= 15 is 0 Å². The number of benzene rings is 6. The summed E-state index contributed by atoms with van der Waals surface area (Å²) in [6.07, 6.45) is 7.91. The maximum atomic E-state index is 14.9. The summed E-state index contributed by atoms with van der Waals surface area (Å²) in [7, 11) is 0. The highest BCUT2D eigenvalue weighted by Gasteiger charge is 2.65. The van der Waals surface area contributed by atoms with Gasteiger partial charge in [-0.2, -0.15) is 0 Å². The second-order valence-electron chi connectivity index (χ2n) is 18.5. The van der Waals surface area contributed by atoms with Gasteiger partial charge in [0.15, 0.2) is 0 Å². The van der Waals surface area contributed by atoms with Gasteiger partial charge < -0.3 is 34.0 Å². The molecule has 0 aromatic heterocycles. The molecule has 1 heterocycles. The van der Waals surface area contributed by atoms with Gasteiger partial charge in [0.2, 0.25) is 5.79 Å². The minimum Gasteiger partial charge on any atom is -0.459 e. The molecule has 3 aliphatic rings.